The van der Waals surface area contributed by atoms with Crippen LogP contribution in [0, 0.1) is 11.8 Å². The van der Waals surface area contributed by atoms with E-state index >= 15 is 0 Å². The second-order valence-electron chi connectivity index (χ2n) is 12.9. The van der Waals surface area contributed by atoms with Crippen LogP contribution >= 0.6 is 0 Å². The van der Waals surface area contributed by atoms with Gasteiger partial charge < -0.3 is 19.9 Å². The number of aromatic hydroxyl groups is 1. The highest BCUT2D eigenvalue weighted by Gasteiger charge is 2.29. The number of methoxy groups -OCH3 is 1. The summed E-state index contributed by atoms with van der Waals surface area (Å²) in [5.41, 5.74) is 6.48. The van der Waals surface area contributed by atoms with Gasteiger partial charge in [0.25, 0.3) is 0 Å². The molecule has 5 nitrogen and oxygen atoms in total. The number of rotatable bonds is 11. The van der Waals surface area contributed by atoms with Crippen molar-refractivity contribution in [1.82, 2.24) is 4.90 Å². The Labute approximate surface area is 252 Å². The highest BCUT2D eigenvalue weighted by atomic mass is 16.5. The molecule has 0 amide bonds. The van der Waals surface area contributed by atoms with Crippen LogP contribution < -0.4 is 14.8 Å². The monoisotopic (exact) mass is 568 g/mol. The van der Waals surface area contributed by atoms with Gasteiger partial charge >= 0.3 is 0 Å². The van der Waals surface area contributed by atoms with Crippen molar-refractivity contribution in [3.05, 3.63) is 82.9 Å². The van der Waals surface area contributed by atoms with Crippen LogP contribution in [-0.4, -0.2) is 49.4 Å². The van der Waals surface area contributed by atoms with E-state index in [1.54, 1.807) is 7.11 Å². The summed E-state index contributed by atoms with van der Waals surface area (Å²) in [6, 6.07) is 21.4. The average molecular weight is 569 g/mol. The predicted molar refractivity (Wildman–Crippen MR) is 171 cm³/mol. The topological polar surface area (TPSA) is 54.0 Å². The predicted octanol–water partition coefficient (Wildman–Crippen LogP) is 7.61. The zero-order chi connectivity index (χ0) is 28.9. The van der Waals surface area contributed by atoms with Gasteiger partial charge in [-0.2, -0.15) is 0 Å². The molecule has 224 valence electrons. The normalized spacial score (nSPS) is 22.7. The van der Waals surface area contributed by atoms with Gasteiger partial charge in [0.2, 0.25) is 0 Å². The number of benzene rings is 3. The molecule has 5 heteroatoms. The molecule has 0 aromatic heterocycles. The second-order valence-corrected chi connectivity index (χ2v) is 12.9. The van der Waals surface area contributed by atoms with E-state index in [1.807, 2.05) is 12.1 Å². The molecular weight excluding hydrogens is 520 g/mol. The van der Waals surface area contributed by atoms with Crippen molar-refractivity contribution in [2.45, 2.75) is 76.7 Å². The van der Waals surface area contributed by atoms with Gasteiger partial charge in [-0.1, -0.05) is 31.2 Å². The number of hydrogen-bond acceptors (Lipinski definition) is 5. The molecule has 7 rings (SSSR count). The zero-order valence-electron chi connectivity index (χ0n) is 25.5. The number of nitrogens with zero attached hydrogens (tertiary/aromatic N) is 1. The second kappa shape index (κ2) is 13.4. The van der Waals surface area contributed by atoms with Gasteiger partial charge in [-0.25, -0.2) is 0 Å². The quantitative estimate of drug-likeness (QED) is 0.249. The van der Waals surface area contributed by atoms with E-state index in [2.05, 4.69) is 65.7 Å². The lowest BCUT2D eigenvalue weighted by Gasteiger charge is -2.29. The van der Waals surface area contributed by atoms with E-state index in [9.17, 15) is 5.11 Å². The summed E-state index contributed by atoms with van der Waals surface area (Å²) in [5.74, 6) is 4.47. The Morgan fingerprint density at radius 2 is 1.62 bits per heavy atom. The van der Waals surface area contributed by atoms with Crippen LogP contribution in [0.3, 0.4) is 0 Å². The molecule has 2 atom stereocenters. The van der Waals surface area contributed by atoms with Crippen LogP contribution in [0.5, 0.6) is 17.2 Å². The molecule has 3 aromatic rings. The molecule has 4 aliphatic rings. The fourth-order valence-corrected chi connectivity index (χ4v) is 7.55. The van der Waals surface area contributed by atoms with Gasteiger partial charge in [0.15, 0.2) is 0 Å². The van der Waals surface area contributed by atoms with Gasteiger partial charge in [0.1, 0.15) is 23.9 Å². The molecule has 0 spiro atoms. The number of anilines is 1. The molecule has 3 fully saturated rings. The van der Waals surface area contributed by atoms with Gasteiger partial charge in [0.05, 0.1) is 7.11 Å². The van der Waals surface area contributed by atoms with Gasteiger partial charge in [0, 0.05) is 37.4 Å². The number of phenolic OH excluding ortho intramolecular Hbond substituents is 1. The van der Waals surface area contributed by atoms with Gasteiger partial charge in [-0.05, 0) is 128 Å². The zero-order valence-corrected chi connectivity index (χ0v) is 25.5. The van der Waals surface area contributed by atoms with Crippen molar-refractivity contribution < 1.29 is 14.6 Å². The standard InChI is InChI=1S/C37H48N2O3/c1-3-32(20-26-8-14-34(15-9-26)42-19-18-39-24-27-4-5-28(25-39)7-6-27)38-37-23-35(41-2)16-17-36(37)31-11-10-30-22-33(40)13-12-29(30)21-31/h8-9,12-17,22-23,27-28,31-32,38,40H,3-7,10-11,18-21,24-25H2,1-2H3. The minimum Gasteiger partial charge on any atom is -0.508 e. The first kappa shape index (κ1) is 28.9. The summed E-state index contributed by atoms with van der Waals surface area (Å²) < 4.78 is 11.8. The van der Waals surface area contributed by atoms with Crippen LogP contribution in [0.4, 0.5) is 5.69 Å². The first-order valence-corrected chi connectivity index (χ1v) is 16.3. The third kappa shape index (κ3) is 7.06. The van der Waals surface area contributed by atoms with Crippen molar-refractivity contribution in [1.29, 1.82) is 0 Å². The maximum atomic E-state index is 9.92. The van der Waals surface area contributed by atoms with E-state index in [0.29, 0.717) is 17.7 Å². The van der Waals surface area contributed by atoms with Gasteiger partial charge in [-0.3, -0.25) is 4.90 Å². The van der Waals surface area contributed by atoms with Crippen molar-refractivity contribution in [2.24, 2.45) is 11.8 Å². The molecule has 2 saturated heterocycles. The van der Waals surface area contributed by atoms with Crippen LogP contribution in [0.25, 0.3) is 0 Å². The van der Waals surface area contributed by atoms with Crippen molar-refractivity contribution in [2.75, 3.05) is 38.7 Å². The summed E-state index contributed by atoms with van der Waals surface area (Å²) in [6.45, 7) is 6.58. The molecule has 3 aromatic carbocycles. The first-order valence-electron chi connectivity index (χ1n) is 16.3. The largest absolute Gasteiger partial charge is 0.508 e. The molecular formula is C37H48N2O3. The maximum absolute atomic E-state index is 9.92. The SMILES string of the molecule is CCC(Cc1ccc(OCCN2CC3CCC(CC3)C2)cc1)Nc1cc(OC)ccc1C1CCc2cc(O)ccc2C1. The summed E-state index contributed by atoms with van der Waals surface area (Å²) in [5, 5.41) is 13.8. The number of fused-ring (bicyclic) bond motifs is 5. The molecule has 2 heterocycles. The molecule has 2 bridgehead atoms. The van der Waals surface area contributed by atoms with Crippen LogP contribution in [0.1, 0.15) is 73.6 Å². The lowest BCUT2D eigenvalue weighted by atomic mass is 9.79. The number of phenols is 1. The summed E-state index contributed by atoms with van der Waals surface area (Å²) >= 11 is 0. The van der Waals surface area contributed by atoms with E-state index in [-0.39, 0.29) is 0 Å². The Morgan fingerprint density at radius 1 is 0.881 bits per heavy atom. The third-order valence-electron chi connectivity index (χ3n) is 10.1. The summed E-state index contributed by atoms with van der Waals surface area (Å²) in [4.78, 5) is 2.64. The first-order chi connectivity index (χ1) is 20.6. The molecule has 2 N–H and O–H groups in total. The van der Waals surface area contributed by atoms with Crippen LogP contribution in [-0.2, 0) is 19.3 Å². The highest BCUT2D eigenvalue weighted by Crippen LogP contribution is 2.39. The van der Waals surface area contributed by atoms with E-state index in [0.717, 1.165) is 68.6 Å². The number of nitrogens with one attached hydrogen (secondary N) is 1. The molecule has 2 unspecified atom stereocenters. The summed E-state index contributed by atoms with van der Waals surface area (Å²) in [7, 11) is 1.74. The Morgan fingerprint density at radius 3 is 2.33 bits per heavy atom. The number of aryl methyl sites for hydroxylation is 1. The fourth-order valence-electron chi connectivity index (χ4n) is 7.55. The molecule has 2 aliphatic heterocycles. The maximum Gasteiger partial charge on any atom is 0.120 e. The fraction of sp³-hybridized carbons (Fsp3) is 0.514. The molecule has 1 saturated carbocycles. The molecule has 0 radical (unpaired) electrons. The minimum atomic E-state index is 0.314. The Hall–Kier alpha value is -3.18. The smallest absolute Gasteiger partial charge is 0.120 e. The van der Waals surface area contributed by atoms with Crippen molar-refractivity contribution >= 4 is 5.69 Å². The van der Waals surface area contributed by atoms with E-state index < -0.39 is 0 Å². The summed E-state index contributed by atoms with van der Waals surface area (Å²) in [6.07, 6.45) is 10.8. The van der Waals surface area contributed by atoms with E-state index in [1.165, 1.54) is 66.7 Å². The molecule has 42 heavy (non-hydrogen) atoms. The highest BCUT2D eigenvalue weighted by molar-refractivity contribution is 5.58. The lowest BCUT2D eigenvalue weighted by molar-refractivity contribution is 0.197. The Balaban J connectivity index is 1.06. The van der Waals surface area contributed by atoms with Crippen LogP contribution in [0.15, 0.2) is 60.7 Å². The Kier molecular flexibility index (Phi) is 9.24. The average Bonchev–Trinajstić information content (AvgIpc) is 3.34. The molecule has 2 aliphatic carbocycles. The Bertz CT molecular complexity index is 1300. The number of hydrogen-bond donors (Lipinski definition) is 2. The lowest BCUT2D eigenvalue weighted by Crippen LogP contribution is -2.32. The van der Waals surface area contributed by atoms with Crippen LogP contribution in [0.2, 0.25) is 0 Å². The van der Waals surface area contributed by atoms with Crippen molar-refractivity contribution in [3.8, 4) is 17.2 Å². The minimum absolute atomic E-state index is 0.314. The number of ether oxygens (including phenoxy) is 2. The third-order valence-corrected chi connectivity index (χ3v) is 10.1. The van der Waals surface area contributed by atoms with Crippen molar-refractivity contribution in [3.63, 3.8) is 0 Å². The van der Waals surface area contributed by atoms with Gasteiger partial charge in [-0.15, -0.1) is 0 Å². The van der Waals surface area contributed by atoms with E-state index in [4.69, 9.17) is 9.47 Å².